The molecule has 0 saturated carbocycles. The van der Waals surface area contributed by atoms with Gasteiger partial charge in [0.2, 0.25) is 0 Å². The molecule has 24 heavy (non-hydrogen) atoms. The van der Waals surface area contributed by atoms with Crippen molar-refractivity contribution in [1.29, 1.82) is 0 Å². The number of fused-ring (bicyclic) bond motifs is 3. The van der Waals surface area contributed by atoms with Gasteiger partial charge in [0.1, 0.15) is 0 Å². The lowest BCUT2D eigenvalue weighted by atomic mass is 10.1. The summed E-state index contributed by atoms with van der Waals surface area (Å²) in [5, 5.41) is 4.66. The van der Waals surface area contributed by atoms with Gasteiger partial charge in [-0.15, -0.1) is 24.8 Å². The molecule has 0 spiro atoms. The van der Waals surface area contributed by atoms with Crippen molar-refractivity contribution in [3.05, 3.63) is 41.6 Å². The van der Waals surface area contributed by atoms with Crippen molar-refractivity contribution >= 4 is 41.6 Å². The average molecular weight is 368 g/mol. The Balaban J connectivity index is 0.00000104. The molecular formula is C18H23Cl2N3O. The van der Waals surface area contributed by atoms with E-state index in [1.165, 1.54) is 12.8 Å². The van der Waals surface area contributed by atoms with Crippen LogP contribution in [0.2, 0.25) is 0 Å². The van der Waals surface area contributed by atoms with Crippen LogP contribution in [0.4, 0.5) is 0 Å². The van der Waals surface area contributed by atoms with Gasteiger partial charge in [0.05, 0.1) is 11.1 Å². The molecule has 2 fully saturated rings. The highest BCUT2D eigenvalue weighted by molar-refractivity contribution is 6.05. The number of likely N-dealkylation sites (tertiary alicyclic amines) is 1. The number of rotatable bonds is 1. The van der Waals surface area contributed by atoms with E-state index in [2.05, 4.69) is 10.3 Å². The number of nitrogens with zero attached hydrogens (tertiary/aromatic N) is 2. The number of para-hydroxylation sites is 1. The summed E-state index contributed by atoms with van der Waals surface area (Å²) in [6.07, 6.45) is 3.49. The highest BCUT2D eigenvalue weighted by atomic mass is 35.5. The van der Waals surface area contributed by atoms with Crippen molar-refractivity contribution < 1.29 is 4.79 Å². The number of carbonyl (C=O) groups excluding carboxylic acids is 1. The zero-order valence-corrected chi connectivity index (χ0v) is 15.3. The lowest BCUT2D eigenvalue weighted by Crippen LogP contribution is -2.39. The first-order chi connectivity index (χ1) is 10.7. The average Bonchev–Trinajstić information content (AvgIpc) is 2.85. The van der Waals surface area contributed by atoms with E-state index >= 15 is 0 Å². The third-order valence-electron chi connectivity index (χ3n) is 4.90. The highest BCUT2D eigenvalue weighted by Crippen LogP contribution is 2.24. The number of hydrogen-bond donors (Lipinski definition) is 1. The molecule has 6 heteroatoms. The monoisotopic (exact) mass is 367 g/mol. The largest absolute Gasteiger partial charge is 0.337 e. The zero-order valence-electron chi connectivity index (χ0n) is 13.7. The van der Waals surface area contributed by atoms with Crippen LogP contribution in [0.1, 0.15) is 35.3 Å². The van der Waals surface area contributed by atoms with Gasteiger partial charge in [-0.2, -0.15) is 0 Å². The predicted octanol–water partition coefficient (Wildman–Crippen LogP) is 3.35. The molecule has 1 amide bonds. The minimum atomic E-state index is 0. The van der Waals surface area contributed by atoms with E-state index in [0.29, 0.717) is 12.1 Å². The summed E-state index contributed by atoms with van der Waals surface area (Å²) in [5.41, 5.74) is 2.51. The van der Waals surface area contributed by atoms with Crippen LogP contribution >= 0.6 is 24.8 Å². The summed E-state index contributed by atoms with van der Waals surface area (Å²) >= 11 is 0. The minimum Gasteiger partial charge on any atom is -0.337 e. The Kier molecular flexibility index (Phi) is 6.07. The summed E-state index contributed by atoms with van der Waals surface area (Å²) in [7, 11) is 0. The van der Waals surface area contributed by atoms with Crippen molar-refractivity contribution in [1.82, 2.24) is 15.2 Å². The molecule has 2 bridgehead atoms. The van der Waals surface area contributed by atoms with Gasteiger partial charge in [0.25, 0.3) is 5.91 Å². The van der Waals surface area contributed by atoms with Crippen molar-refractivity contribution in [2.24, 2.45) is 0 Å². The molecule has 2 unspecified atom stereocenters. The van der Waals surface area contributed by atoms with Crippen LogP contribution in [0.5, 0.6) is 0 Å². The molecule has 0 aliphatic carbocycles. The lowest BCUT2D eigenvalue weighted by molar-refractivity contribution is 0.0750. The fourth-order valence-corrected chi connectivity index (χ4v) is 3.72. The molecule has 4 rings (SSSR count). The van der Waals surface area contributed by atoms with Crippen LogP contribution in [0.3, 0.4) is 0 Å². The van der Waals surface area contributed by atoms with Crippen molar-refractivity contribution in [2.45, 2.75) is 38.3 Å². The van der Waals surface area contributed by atoms with Gasteiger partial charge in [-0.1, -0.05) is 18.2 Å². The number of amides is 1. The molecule has 1 aromatic carbocycles. The highest BCUT2D eigenvalue weighted by Gasteiger charge is 2.31. The SMILES string of the molecule is Cc1ccc2cccc(C(=O)N3CCC4CCC(C3)N4)c2n1.Cl.Cl. The first-order valence-corrected chi connectivity index (χ1v) is 8.12. The standard InChI is InChI=1S/C18H21N3O.2ClH/c1-12-5-6-13-3-2-4-16(17(13)19-12)18(22)21-10-9-14-7-8-15(11-21)20-14;;/h2-6,14-15,20H,7-11H2,1H3;2*1H. The summed E-state index contributed by atoms with van der Waals surface area (Å²) in [6.45, 7) is 3.63. The lowest BCUT2D eigenvalue weighted by Gasteiger charge is -2.24. The Bertz CT molecular complexity index is 737. The van der Waals surface area contributed by atoms with E-state index in [0.717, 1.165) is 41.7 Å². The molecule has 2 saturated heterocycles. The Morgan fingerprint density at radius 3 is 2.75 bits per heavy atom. The maximum absolute atomic E-state index is 13.0. The van der Waals surface area contributed by atoms with E-state index < -0.39 is 0 Å². The first kappa shape index (κ1) is 19.0. The van der Waals surface area contributed by atoms with Crippen LogP contribution in [-0.2, 0) is 0 Å². The third-order valence-corrected chi connectivity index (χ3v) is 4.90. The van der Waals surface area contributed by atoms with Crippen molar-refractivity contribution in [3.8, 4) is 0 Å². The quantitative estimate of drug-likeness (QED) is 0.840. The number of pyridine rings is 1. The second-order valence-corrected chi connectivity index (χ2v) is 6.51. The van der Waals surface area contributed by atoms with E-state index in [9.17, 15) is 4.79 Å². The summed E-state index contributed by atoms with van der Waals surface area (Å²) < 4.78 is 0. The molecule has 4 nitrogen and oxygen atoms in total. The van der Waals surface area contributed by atoms with Gasteiger partial charge < -0.3 is 10.2 Å². The van der Waals surface area contributed by atoms with E-state index in [1.807, 2.05) is 42.2 Å². The fourth-order valence-electron chi connectivity index (χ4n) is 3.72. The molecule has 2 aromatic rings. The minimum absolute atomic E-state index is 0. The number of benzene rings is 1. The second-order valence-electron chi connectivity index (χ2n) is 6.51. The molecule has 0 radical (unpaired) electrons. The number of aromatic nitrogens is 1. The number of halogens is 2. The molecule has 2 aliphatic rings. The van der Waals surface area contributed by atoms with Gasteiger partial charge in [0.15, 0.2) is 0 Å². The van der Waals surface area contributed by atoms with Crippen molar-refractivity contribution in [2.75, 3.05) is 13.1 Å². The van der Waals surface area contributed by atoms with Crippen LogP contribution in [-0.4, -0.2) is 41.0 Å². The Morgan fingerprint density at radius 1 is 1.12 bits per heavy atom. The number of nitrogens with one attached hydrogen (secondary N) is 1. The van der Waals surface area contributed by atoms with Crippen LogP contribution in [0.15, 0.2) is 30.3 Å². The normalized spacial score (nSPS) is 22.5. The maximum atomic E-state index is 13.0. The summed E-state index contributed by atoms with van der Waals surface area (Å²) in [4.78, 5) is 19.6. The van der Waals surface area contributed by atoms with Gasteiger partial charge in [-0.3, -0.25) is 9.78 Å². The van der Waals surface area contributed by atoms with Gasteiger partial charge in [-0.05, 0) is 38.3 Å². The Labute approximate surface area is 154 Å². The fraction of sp³-hybridized carbons (Fsp3) is 0.444. The Morgan fingerprint density at radius 2 is 1.92 bits per heavy atom. The molecule has 3 heterocycles. The molecule has 2 atom stereocenters. The van der Waals surface area contributed by atoms with E-state index in [1.54, 1.807) is 0 Å². The maximum Gasteiger partial charge on any atom is 0.256 e. The van der Waals surface area contributed by atoms with E-state index in [4.69, 9.17) is 0 Å². The predicted molar refractivity (Wildman–Crippen MR) is 101 cm³/mol. The van der Waals surface area contributed by atoms with Gasteiger partial charge in [-0.25, -0.2) is 0 Å². The summed E-state index contributed by atoms with van der Waals surface area (Å²) in [5.74, 6) is 0.123. The number of hydrogen-bond acceptors (Lipinski definition) is 3. The van der Waals surface area contributed by atoms with Gasteiger partial charge >= 0.3 is 0 Å². The topological polar surface area (TPSA) is 45.2 Å². The van der Waals surface area contributed by atoms with E-state index in [-0.39, 0.29) is 30.7 Å². The molecule has 2 aliphatic heterocycles. The smallest absolute Gasteiger partial charge is 0.256 e. The van der Waals surface area contributed by atoms with Crippen LogP contribution in [0.25, 0.3) is 10.9 Å². The second kappa shape index (κ2) is 7.68. The molecular weight excluding hydrogens is 345 g/mol. The molecule has 130 valence electrons. The zero-order chi connectivity index (χ0) is 15.1. The van der Waals surface area contributed by atoms with Gasteiger partial charge in [0, 0.05) is 36.3 Å². The number of aryl methyl sites for hydroxylation is 1. The molecule has 1 aromatic heterocycles. The molecule has 1 N–H and O–H groups in total. The summed E-state index contributed by atoms with van der Waals surface area (Å²) in [6, 6.07) is 11.0. The Hall–Kier alpha value is -1.36. The first-order valence-electron chi connectivity index (χ1n) is 8.12. The number of carbonyl (C=O) groups is 1. The third kappa shape index (κ3) is 3.51. The van der Waals surface area contributed by atoms with Crippen LogP contribution < -0.4 is 5.32 Å². The van der Waals surface area contributed by atoms with Crippen LogP contribution in [0, 0.1) is 6.92 Å². The van der Waals surface area contributed by atoms with Crippen molar-refractivity contribution in [3.63, 3.8) is 0 Å².